The molecule has 2 saturated carbocycles. The quantitative estimate of drug-likeness (QED) is 0.813. The summed E-state index contributed by atoms with van der Waals surface area (Å²) in [5.41, 5.74) is 0. The van der Waals surface area contributed by atoms with E-state index >= 15 is 0 Å². The van der Waals surface area contributed by atoms with Crippen LogP contribution in [0.25, 0.3) is 0 Å². The third kappa shape index (κ3) is 2.29. The van der Waals surface area contributed by atoms with Crippen LogP contribution in [0.4, 0.5) is 0 Å². The lowest BCUT2D eigenvalue weighted by Crippen LogP contribution is -2.39. The first kappa shape index (κ1) is 12.5. The van der Waals surface area contributed by atoms with Gasteiger partial charge in [0.15, 0.2) is 0 Å². The monoisotopic (exact) mass is 250 g/mol. The van der Waals surface area contributed by atoms with Crippen LogP contribution in [-0.2, 0) is 4.79 Å². The molecule has 0 radical (unpaired) electrons. The van der Waals surface area contributed by atoms with Gasteiger partial charge in [-0.2, -0.15) is 0 Å². The standard InChI is InChI=1S/C15H26N2O/c1-17(11-5-4-9-16-10-8-11)15(18)14-12-6-2-3-7-13(12)14/h11-14,16H,2-10H2,1H3. The minimum atomic E-state index is 0.397. The molecule has 1 N–H and O–H groups in total. The van der Waals surface area contributed by atoms with Gasteiger partial charge >= 0.3 is 0 Å². The molecule has 3 aliphatic rings. The maximum Gasteiger partial charge on any atom is 0.226 e. The Kier molecular flexibility index (Phi) is 3.60. The second-order valence-corrected chi connectivity index (χ2v) is 6.42. The van der Waals surface area contributed by atoms with Crippen LogP contribution in [0.15, 0.2) is 0 Å². The van der Waals surface area contributed by atoms with E-state index in [4.69, 9.17) is 0 Å². The summed E-state index contributed by atoms with van der Waals surface area (Å²) in [7, 11) is 2.04. The number of nitrogens with one attached hydrogen (secondary N) is 1. The molecule has 3 atom stereocenters. The van der Waals surface area contributed by atoms with E-state index in [9.17, 15) is 4.79 Å². The molecule has 102 valence electrons. The van der Waals surface area contributed by atoms with Gasteiger partial charge < -0.3 is 10.2 Å². The molecule has 3 nitrogen and oxygen atoms in total. The number of hydrogen-bond acceptors (Lipinski definition) is 2. The fourth-order valence-electron chi connectivity index (χ4n) is 4.16. The first-order valence-electron chi connectivity index (χ1n) is 7.76. The molecule has 3 heteroatoms. The van der Waals surface area contributed by atoms with Crippen molar-refractivity contribution in [2.45, 2.75) is 51.0 Å². The molecule has 0 spiro atoms. The summed E-state index contributed by atoms with van der Waals surface area (Å²) in [5.74, 6) is 2.35. The third-order valence-corrected chi connectivity index (χ3v) is 5.38. The van der Waals surface area contributed by atoms with Crippen LogP contribution in [0.5, 0.6) is 0 Å². The lowest BCUT2D eigenvalue weighted by molar-refractivity contribution is -0.134. The third-order valence-electron chi connectivity index (χ3n) is 5.38. The Morgan fingerprint density at radius 2 is 1.72 bits per heavy atom. The number of amides is 1. The molecule has 3 rings (SSSR count). The van der Waals surface area contributed by atoms with Gasteiger partial charge in [0, 0.05) is 19.0 Å². The highest BCUT2D eigenvalue weighted by molar-refractivity contribution is 5.82. The Balaban J connectivity index is 1.58. The van der Waals surface area contributed by atoms with E-state index in [1.807, 2.05) is 7.05 Å². The highest BCUT2D eigenvalue weighted by Crippen LogP contribution is 2.56. The Labute approximate surface area is 110 Å². The number of fused-ring (bicyclic) bond motifs is 1. The van der Waals surface area contributed by atoms with Crippen molar-refractivity contribution in [1.29, 1.82) is 0 Å². The van der Waals surface area contributed by atoms with Crippen LogP contribution in [0.3, 0.4) is 0 Å². The molecule has 3 fully saturated rings. The number of hydrogen-bond donors (Lipinski definition) is 1. The number of carbonyl (C=O) groups is 1. The molecular weight excluding hydrogens is 224 g/mol. The summed E-state index contributed by atoms with van der Waals surface area (Å²) in [5, 5.41) is 3.43. The second-order valence-electron chi connectivity index (χ2n) is 6.42. The Morgan fingerprint density at radius 1 is 1.00 bits per heavy atom. The number of nitrogens with zero attached hydrogens (tertiary/aromatic N) is 1. The van der Waals surface area contributed by atoms with Gasteiger partial charge in [-0.3, -0.25) is 4.79 Å². The van der Waals surface area contributed by atoms with Gasteiger partial charge in [0.2, 0.25) is 5.91 Å². The van der Waals surface area contributed by atoms with E-state index in [1.54, 1.807) is 0 Å². The number of rotatable bonds is 2. The lowest BCUT2D eigenvalue weighted by Gasteiger charge is -2.27. The first-order valence-corrected chi connectivity index (χ1v) is 7.76. The molecule has 1 heterocycles. The number of carbonyl (C=O) groups excluding carboxylic acids is 1. The van der Waals surface area contributed by atoms with Crippen LogP contribution in [0, 0.1) is 17.8 Å². The van der Waals surface area contributed by atoms with Crippen molar-refractivity contribution >= 4 is 5.91 Å². The summed E-state index contributed by atoms with van der Waals surface area (Å²) in [6.07, 6.45) is 8.83. The molecule has 1 amide bonds. The van der Waals surface area contributed by atoms with Gasteiger partial charge in [0.1, 0.15) is 0 Å². The van der Waals surface area contributed by atoms with Crippen LogP contribution in [0.1, 0.15) is 44.9 Å². The highest BCUT2D eigenvalue weighted by Gasteiger charge is 2.55. The van der Waals surface area contributed by atoms with Crippen molar-refractivity contribution in [3.63, 3.8) is 0 Å². The van der Waals surface area contributed by atoms with Crippen molar-refractivity contribution in [3.05, 3.63) is 0 Å². The predicted molar refractivity (Wildman–Crippen MR) is 72.2 cm³/mol. The first-order chi connectivity index (χ1) is 8.79. The van der Waals surface area contributed by atoms with Gasteiger partial charge in [-0.1, -0.05) is 12.8 Å². The molecule has 0 bridgehead atoms. The van der Waals surface area contributed by atoms with Gasteiger partial charge in [-0.15, -0.1) is 0 Å². The summed E-state index contributed by atoms with van der Waals surface area (Å²) in [6.45, 7) is 2.19. The molecule has 0 aromatic rings. The van der Waals surface area contributed by atoms with E-state index in [1.165, 1.54) is 38.5 Å². The van der Waals surface area contributed by atoms with Crippen LogP contribution < -0.4 is 5.32 Å². The highest BCUT2D eigenvalue weighted by atomic mass is 16.2. The fourth-order valence-corrected chi connectivity index (χ4v) is 4.16. The van der Waals surface area contributed by atoms with Crippen molar-refractivity contribution in [2.24, 2.45) is 17.8 Å². The Morgan fingerprint density at radius 3 is 2.44 bits per heavy atom. The maximum absolute atomic E-state index is 12.6. The van der Waals surface area contributed by atoms with E-state index in [-0.39, 0.29) is 0 Å². The van der Waals surface area contributed by atoms with Crippen molar-refractivity contribution < 1.29 is 4.79 Å². The van der Waals surface area contributed by atoms with Crippen LogP contribution >= 0.6 is 0 Å². The largest absolute Gasteiger partial charge is 0.342 e. The Hall–Kier alpha value is -0.570. The summed E-state index contributed by atoms with van der Waals surface area (Å²) < 4.78 is 0. The molecule has 0 aromatic carbocycles. The van der Waals surface area contributed by atoms with Gasteiger partial charge in [0.05, 0.1) is 0 Å². The smallest absolute Gasteiger partial charge is 0.226 e. The summed E-state index contributed by atoms with van der Waals surface area (Å²) in [4.78, 5) is 14.7. The maximum atomic E-state index is 12.6. The van der Waals surface area contributed by atoms with E-state index < -0.39 is 0 Å². The topological polar surface area (TPSA) is 32.3 Å². The molecule has 18 heavy (non-hydrogen) atoms. The van der Waals surface area contributed by atoms with Gasteiger partial charge in [-0.05, 0) is 57.0 Å². The SMILES string of the molecule is CN(C(=O)C1C2CCCCC21)C1CCCNCC1. The fraction of sp³-hybridized carbons (Fsp3) is 0.933. The molecule has 1 aliphatic heterocycles. The normalized spacial score (nSPS) is 39.6. The summed E-state index contributed by atoms with van der Waals surface area (Å²) in [6, 6.07) is 0.482. The average Bonchev–Trinajstić information content (AvgIpc) is 3.17. The summed E-state index contributed by atoms with van der Waals surface area (Å²) >= 11 is 0. The lowest BCUT2D eigenvalue weighted by atomic mass is 10.0. The van der Waals surface area contributed by atoms with Gasteiger partial charge in [-0.25, -0.2) is 0 Å². The zero-order valence-electron chi connectivity index (χ0n) is 11.5. The van der Waals surface area contributed by atoms with Crippen molar-refractivity contribution in [2.75, 3.05) is 20.1 Å². The van der Waals surface area contributed by atoms with Crippen molar-refractivity contribution in [3.8, 4) is 0 Å². The Bertz CT molecular complexity index is 298. The molecule has 0 aromatic heterocycles. The van der Waals surface area contributed by atoms with Crippen molar-refractivity contribution in [1.82, 2.24) is 10.2 Å². The zero-order chi connectivity index (χ0) is 12.5. The van der Waals surface area contributed by atoms with Crippen LogP contribution in [-0.4, -0.2) is 37.0 Å². The molecule has 1 saturated heterocycles. The van der Waals surface area contributed by atoms with Crippen LogP contribution in [0.2, 0.25) is 0 Å². The molecule has 3 unspecified atom stereocenters. The molecular formula is C15H26N2O. The zero-order valence-corrected chi connectivity index (χ0v) is 11.5. The second kappa shape index (κ2) is 5.20. The van der Waals surface area contributed by atoms with E-state index in [0.29, 0.717) is 17.9 Å². The minimum absolute atomic E-state index is 0.397. The predicted octanol–water partition coefficient (Wildman–Crippen LogP) is 2.02. The van der Waals surface area contributed by atoms with E-state index in [2.05, 4.69) is 10.2 Å². The van der Waals surface area contributed by atoms with E-state index in [0.717, 1.165) is 31.3 Å². The minimum Gasteiger partial charge on any atom is -0.342 e. The average molecular weight is 250 g/mol. The van der Waals surface area contributed by atoms with Gasteiger partial charge in [0.25, 0.3) is 0 Å². The molecule has 2 aliphatic carbocycles.